The van der Waals surface area contributed by atoms with Gasteiger partial charge in [-0.05, 0) is 55.3 Å². The van der Waals surface area contributed by atoms with E-state index in [1.807, 2.05) is 50.2 Å². The molecule has 1 atom stereocenters. The van der Waals surface area contributed by atoms with Gasteiger partial charge in [0.05, 0.1) is 5.16 Å². The Balaban J connectivity index is 2.16. The minimum absolute atomic E-state index is 0.138. The van der Waals surface area contributed by atoms with Crippen molar-refractivity contribution in [3.05, 3.63) is 54.1 Å². The lowest BCUT2D eigenvalue weighted by Crippen LogP contribution is -2.11. The average molecular weight is 287 g/mol. The summed E-state index contributed by atoms with van der Waals surface area (Å²) in [5.74, 6) is 1.49. The summed E-state index contributed by atoms with van der Waals surface area (Å²) < 4.78 is 17.1. The standard InChI is InChI=1S/C16H18NO2P/c1-3-16(2,20-18)12-4-8-14(9-5-12)19-15-10-6-13(17)7-11-15/h4-11H,3,17H2,1-2H3. The molecule has 0 spiro atoms. The zero-order valence-corrected chi connectivity index (χ0v) is 12.6. The SMILES string of the molecule is CCC(C)(P=O)c1ccc(Oc2ccc(N)cc2)cc1. The quantitative estimate of drug-likeness (QED) is 0.623. The van der Waals surface area contributed by atoms with Gasteiger partial charge in [-0.3, -0.25) is 4.57 Å². The Bertz CT molecular complexity index is 580. The van der Waals surface area contributed by atoms with E-state index in [0.717, 1.165) is 23.5 Å². The van der Waals surface area contributed by atoms with E-state index >= 15 is 0 Å². The van der Waals surface area contributed by atoms with E-state index in [1.165, 1.54) is 0 Å². The molecule has 2 N–H and O–H groups in total. The molecule has 20 heavy (non-hydrogen) atoms. The van der Waals surface area contributed by atoms with Crippen LogP contribution in [-0.2, 0) is 9.72 Å². The summed E-state index contributed by atoms with van der Waals surface area (Å²) in [6.45, 7) is 4.01. The van der Waals surface area contributed by atoms with Gasteiger partial charge >= 0.3 is 0 Å². The normalized spacial score (nSPS) is 13.9. The monoisotopic (exact) mass is 287 g/mol. The number of nitrogens with two attached hydrogens (primary N) is 1. The van der Waals surface area contributed by atoms with E-state index in [4.69, 9.17) is 10.5 Å². The van der Waals surface area contributed by atoms with Crippen LogP contribution in [0.4, 0.5) is 5.69 Å². The number of nitrogen functional groups attached to an aromatic ring is 1. The Labute approximate surface area is 121 Å². The number of hydrogen-bond acceptors (Lipinski definition) is 3. The first-order valence-electron chi connectivity index (χ1n) is 6.56. The van der Waals surface area contributed by atoms with Gasteiger partial charge in [0.15, 0.2) is 8.46 Å². The Kier molecular flexibility index (Phi) is 4.41. The van der Waals surface area contributed by atoms with Crippen LogP contribution in [0.3, 0.4) is 0 Å². The van der Waals surface area contributed by atoms with E-state index in [9.17, 15) is 4.57 Å². The minimum atomic E-state index is -0.334. The van der Waals surface area contributed by atoms with E-state index in [0.29, 0.717) is 5.69 Å². The van der Waals surface area contributed by atoms with E-state index < -0.39 is 0 Å². The summed E-state index contributed by atoms with van der Waals surface area (Å²) >= 11 is 0. The van der Waals surface area contributed by atoms with Gasteiger partial charge in [0.25, 0.3) is 0 Å². The van der Waals surface area contributed by atoms with Gasteiger partial charge in [0.2, 0.25) is 0 Å². The van der Waals surface area contributed by atoms with Crippen molar-refractivity contribution < 1.29 is 9.30 Å². The molecule has 2 rings (SSSR count). The summed E-state index contributed by atoms with van der Waals surface area (Å²) in [7, 11) is 0.138. The molecule has 0 aliphatic heterocycles. The molecule has 3 nitrogen and oxygen atoms in total. The Morgan fingerprint density at radius 1 is 1.05 bits per heavy atom. The second kappa shape index (κ2) is 6.06. The molecule has 0 aromatic heterocycles. The van der Waals surface area contributed by atoms with Crippen molar-refractivity contribution in [1.29, 1.82) is 0 Å². The molecular formula is C16H18NO2P. The molecule has 2 aromatic carbocycles. The molecule has 0 aliphatic rings. The van der Waals surface area contributed by atoms with Crippen LogP contribution in [0.25, 0.3) is 0 Å². The molecule has 0 aliphatic carbocycles. The Morgan fingerprint density at radius 2 is 1.55 bits per heavy atom. The van der Waals surface area contributed by atoms with Gasteiger partial charge in [-0.15, -0.1) is 0 Å². The summed E-state index contributed by atoms with van der Waals surface area (Å²) in [6.07, 6.45) is 0.816. The second-order valence-corrected chi connectivity index (χ2v) is 6.08. The van der Waals surface area contributed by atoms with E-state index in [-0.39, 0.29) is 13.6 Å². The molecule has 104 valence electrons. The molecule has 0 bridgehead atoms. The summed E-state index contributed by atoms with van der Waals surface area (Å²) in [5, 5.41) is -0.334. The number of benzene rings is 2. The highest BCUT2D eigenvalue weighted by Gasteiger charge is 2.24. The summed E-state index contributed by atoms with van der Waals surface area (Å²) in [6, 6.07) is 15.0. The fourth-order valence-corrected chi connectivity index (χ4v) is 2.26. The van der Waals surface area contributed by atoms with Gasteiger partial charge in [-0.1, -0.05) is 19.1 Å². The molecule has 0 saturated carbocycles. The van der Waals surface area contributed by atoms with Crippen LogP contribution in [0.15, 0.2) is 48.5 Å². The molecule has 1 unspecified atom stereocenters. The highest BCUT2D eigenvalue weighted by atomic mass is 31.1. The molecule has 0 heterocycles. The third kappa shape index (κ3) is 3.17. The lowest BCUT2D eigenvalue weighted by Gasteiger charge is -2.20. The molecular weight excluding hydrogens is 269 g/mol. The average Bonchev–Trinajstić information content (AvgIpc) is 2.49. The van der Waals surface area contributed by atoms with Crippen LogP contribution < -0.4 is 10.5 Å². The Morgan fingerprint density at radius 3 is 2.00 bits per heavy atom. The van der Waals surface area contributed by atoms with Crippen molar-refractivity contribution in [2.24, 2.45) is 0 Å². The first kappa shape index (κ1) is 14.5. The maximum atomic E-state index is 11.3. The van der Waals surface area contributed by atoms with Crippen LogP contribution >= 0.6 is 8.46 Å². The molecule has 0 fully saturated rings. The van der Waals surface area contributed by atoms with Gasteiger partial charge in [-0.2, -0.15) is 0 Å². The van der Waals surface area contributed by atoms with Crippen molar-refractivity contribution in [2.45, 2.75) is 25.4 Å². The number of ether oxygens (including phenoxy) is 1. The third-order valence-electron chi connectivity index (χ3n) is 3.48. The third-order valence-corrected chi connectivity index (χ3v) is 4.46. The van der Waals surface area contributed by atoms with Crippen LogP contribution in [0.1, 0.15) is 25.8 Å². The molecule has 2 aromatic rings. The van der Waals surface area contributed by atoms with Crippen LogP contribution in [0, 0.1) is 0 Å². The topological polar surface area (TPSA) is 52.3 Å². The first-order chi connectivity index (χ1) is 9.57. The highest BCUT2D eigenvalue weighted by Crippen LogP contribution is 2.38. The van der Waals surface area contributed by atoms with Gasteiger partial charge in [0, 0.05) is 5.69 Å². The molecule has 0 amide bonds. The van der Waals surface area contributed by atoms with Crippen molar-refractivity contribution in [1.82, 2.24) is 0 Å². The van der Waals surface area contributed by atoms with Crippen molar-refractivity contribution >= 4 is 14.1 Å². The largest absolute Gasteiger partial charge is 0.457 e. The van der Waals surface area contributed by atoms with Gasteiger partial charge in [-0.25, -0.2) is 0 Å². The van der Waals surface area contributed by atoms with Gasteiger partial charge in [0.1, 0.15) is 11.5 Å². The Hall–Kier alpha value is -1.86. The first-order valence-corrected chi connectivity index (χ1v) is 7.37. The van der Waals surface area contributed by atoms with Crippen molar-refractivity contribution in [3.63, 3.8) is 0 Å². The summed E-state index contributed by atoms with van der Waals surface area (Å²) in [5.41, 5.74) is 7.38. The van der Waals surface area contributed by atoms with Crippen LogP contribution in [0.5, 0.6) is 11.5 Å². The zero-order chi connectivity index (χ0) is 14.6. The fraction of sp³-hybridized carbons (Fsp3) is 0.250. The van der Waals surface area contributed by atoms with E-state index in [2.05, 4.69) is 0 Å². The fourth-order valence-electron chi connectivity index (χ4n) is 1.88. The minimum Gasteiger partial charge on any atom is -0.457 e. The second-order valence-electron chi connectivity index (χ2n) is 4.91. The van der Waals surface area contributed by atoms with Crippen LogP contribution in [-0.4, -0.2) is 0 Å². The van der Waals surface area contributed by atoms with Gasteiger partial charge < -0.3 is 10.5 Å². The predicted octanol–water partition coefficient (Wildman–Crippen LogP) is 4.98. The molecule has 0 saturated heterocycles. The molecule has 0 radical (unpaired) electrons. The maximum absolute atomic E-state index is 11.3. The van der Waals surface area contributed by atoms with Crippen molar-refractivity contribution in [3.8, 4) is 11.5 Å². The molecule has 4 heteroatoms. The lowest BCUT2D eigenvalue weighted by atomic mass is 9.97. The lowest BCUT2D eigenvalue weighted by molar-refractivity contribution is 0.482. The number of rotatable bonds is 5. The summed E-state index contributed by atoms with van der Waals surface area (Å²) in [4.78, 5) is 0. The predicted molar refractivity (Wildman–Crippen MR) is 82.6 cm³/mol. The van der Waals surface area contributed by atoms with E-state index in [1.54, 1.807) is 12.1 Å². The highest BCUT2D eigenvalue weighted by molar-refractivity contribution is 7.25. The van der Waals surface area contributed by atoms with Crippen molar-refractivity contribution in [2.75, 3.05) is 5.73 Å². The van der Waals surface area contributed by atoms with Crippen LogP contribution in [0.2, 0.25) is 0 Å². The zero-order valence-electron chi connectivity index (χ0n) is 11.7. The number of hydrogen-bond donors (Lipinski definition) is 1. The smallest absolute Gasteiger partial charge is 0.166 e. The number of anilines is 1. The maximum Gasteiger partial charge on any atom is 0.166 e.